The Kier molecular flexibility index (Phi) is 3.81. The number of amides is 1. The van der Waals surface area contributed by atoms with Crippen LogP contribution >= 0.6 is 11.8 Å². The Bertz CT molecular complexity index is 865. The molecular formula is C16H11N3O2S. The average molecular weight is 309 g/mol. The number of ether oxygens (including phenoxy) is 1. The molecule has 0 unspecified atom stereocenters. The molecule has 22 heavy (non-hydrogen) atoms. The van der Waals surface area contributed by atoms with Crippen molar-refractivity contribution in [3.8, 4) is 11.9 Å². The molecule has 0 aliphatic carbocycles. The van der Waals surface area contributed by atoms with E-state index < -0.39 is 0 Å². The largest absolute Gasteiger partial charge is 0.497 e. The van der Waals surface area contributed by atoms with Gasteiger partial charge in [-0.25, -0.2) is 0 Å². The van der Waals surface area contributed by atoms with Gasteiger partial charge in [0.1, 0.15) is 5.75 Å². The molecule has 1 amide bonds. The SMILES string of the molecule is COc1ccc2ccc(/C=C3\SC(=NC#N)NC3=O)cc2c1. The summed E-state index contributed by atoms with van der Waals surface area (Å²) in [6, 6.07) is 11.8. The van der Waals surface area contributed by atoms with Gasteiger partial charge in [0.25, 0.3) is 5.91 Å². The van der Waals surface area contributed by atoms with Gasteiger partial charge in [-0.15, -0.1) is 4.99 Å². The minimum Gasteiger partial charge on any atom is -0.497 e. The van der Waals surface area contributed by atoms with Gasteiger partial charge in [0.15, 0.2) is 5.17 Å². The number of amidine groups is 1. The number of carbonyl (C=O) groups is 1. The molecule has 3 rings (SSSR count). The van der Waals surface area contributed by atoms with Crippen molar-refractivity contribution in [2.45, 2.75) is 0 Å². The zero-order valence-corrected chi connectivity index (χ0v) is 12.5. The number of rotatable bonds is 2. The van der Waals surface area contributed by atoms with E-state index in [1.165, 1.54) is 0 Å². The van der Waals surface area contributed by atoms with Crippen molar-refractivity contribution in [2.24, 2.45) is 4.99 Å². The Morgan fingerprint density at radius 3 is 2.86 bits per heavy atom. The summed E-state index contributed by atoms with van der Waals surface area (Å²) in [4.78, 5) is 15.9. The standard InChI is InChI=1S/C16H11N3O2S/c1-21-13-5-4-11-3-2-10(6-12(11)8-13)7-14-15(20)19-16(22-14)18-9-17/h2-8H,1H3,(H,18,19,20)/b14-7-. The van der Waals surface area contributed by atoms with Crippen LogP contribution in [-0.4, -0.2) is 18.2 Å². The first-order chi connectivity index (χ1) is 10.7. The Labute approximate surface area is 131 Å². The number of carbonyl (C=O) groups excluding carboxylic acids is 1. The molecule has 6 heteroatoms. The molecule has 5 nitrogen and oxygen atoms in total. The van der Waals surface area contributed by atoms with Crippen LogP contribution in [0.5, 0.6) is 5.75 Å². The number of hydrogen-bond donors (Lipinski definition) is 1. The number of nitrogens with one attached hydrogen (secondary N) is 1. The fourth-order valence-electron chi connectivity index (χ4n) is 2.14. The highest BCUT2D eigenvalue weighted by atomic mass is 32.2. The Hall–Kier alpha value is -2.78. The molecular weight excluding hydrogens is 298 g/mol. The predicted molar refractivity (Wildman–Crippen MR) is 87.3 cm³/mol. The second kappa shape index (κ2) is 5.92. The van der Waals surface area contributed by atoms with Gasteiger partial charge in [-0.1, -0.05) is 18.2 Å². The summed E-state index contributed by atoms with van der Waals surface area (Å²) >= 11 is 1.15. The first-order valence-corrected chi connectivity index (χ1v) is 7.27. The molecule has 0 atom stereocenters. The van der Waals surface area contributed by atoms with Crippen molar-refractivity contribution in [2.75, 3.05) is 7.11 Å². The molecule has 1 heterocycles. The lowest BCUT2D eigenvalue weighted by atomic mass is 10.1. The molecule has 1 aliphatic rings. The average Bonchev–Trinajstić information content (AvgIpc) is 2.86. The fraction of sp³-hybridized carbons (Fsp3) is 0.0625. The molecule has 0 bridgehead atoms. The summed E-state index contributed by atoms with van der Waals surface area (Å²) in [7, 11) is 1.63. The van der Waals surface area contributed by atoms with Crippen molar-refractivity contribution in [3.05, 3.63) is 46.9 Å². The normalized spacial score (nSPS) is 17.7. The summed E-state index contributed by atoms with van der Waals surface area (Å²) in [6.07, 6.45) is 3.44. The van der Waals surface area contributed by atoms with Gasteiger partial charge >= 0.3 is 0 Å². The number of nitrogens with zero attached hydrogens (tertiary/aromatic N) is 2. The van der Waals surface area contributed by atoms with Crippen molar-refractivity contribution in [1.82, 2.24) is 5.32 Å². The first kappa shape index (κ1) is 14.2. The maximum absolute atomic E-state index is 11.8. The van der Waals surface area contributed by atoms with Crippen molar-refractivity contribution < 1.29 is 9.53 Å². The third-order valence-electron chi connectivity index (χ3n) is 3.17. The lowest BCUT2D eigenvalue weighted by Crippen LogP contribution is -2.19. The summed E-state index contributed by atoms with van der Waals surface area (Å²) < 4.78 is 5.22. The monoisotopic (exact) mass is 309 g/mol. The fourth-order valence-corrected chi connectivity index (χ4v) is 2.91. The van der Waals surface area contributed by atoms with Crippen LogP contribution in [0.25, 0.3) is 16.8 Å². The van der Waals surface area contributed by atoms with Gasteiger partial charge in [-0.05, 0) is 52.4 Å². The summed E-state index contributed by atoms with van der Waals surface area (Å²) in [5.41, 5.74) is 0.900. The van der Waals surface area contributed by atoms with E-state index in [4.69, 9.17) is 10.00 Å². The molecule has 1 saturated heterocycles. The van der Waals surface area contributed by atoms with Crippen LogP contribution in [0.15, 0.2) is 46.3 Å². The second-order valence-corrected chi connectivity index (χ2v) is 5.58. The number of nitriles is 1. The van der Waals surface area contributed by atoms with Gasteiger partial charge in [-0.3, -0.25) is 10.1 Å². The molecule has 0 aromatic heterocycles. The molecule has 108 valence electrons. The highest BCUT2D eigenvalue weighted by Gasteiger charge is 2.23. The summed E-state index contributed by atoms with van der Waals surface area (Å²) in [5.74, 6) is 0.540. The van der Waals surface area contributed by atoms with Crippen LogP contribution in [0.1, 0.15) is 5.56 Å². The van der Waals surface area contributed by atoms with E-state index >= 15 is 0 Å². The quantitative estimate of drug-likeness (QED) is 0.684. The molecule has 0 spiro atoms. The zero-order chi connectivity index (χ0) is 15.5. The number of aliphatic imine (C=N–C) groups is 1. The van der Waals surface area contributed by atoms with Gasteiger partial charge < -0.3 is 4.74 Å². The number of benzene rings is 2. The van der Waals surface area contributed by atoms with Gasteiger partial charge in [0, 0.05) is 0 Å². The maximum Gasteiger partial charge on any atom is 0.264 e. The second-order valence-electron chi connectivity index (χ2n) is 4.55. The molecule has 1 N–H and O–H groups in total. The maximum atomic E-state index is 11.8. The number of hydrogen-bond acceptors (Lipinski definition) is 5. The van der Waals surface area contributed by atoms with E-state index in [0.717, 1.165) is 33.8 Å². The van der Waals surface area contributed by atoms with Crippen LogP contribution in [-0.2, 0) is 4.79 Å². The van der Waals surface area contributed by atoms with E-state index in [1.807, 2.05) is 36.4 Å². The van der Waals surface area contributed by atoms with Crippen LogP contribution in [0.3, 0.4) is 0 Å². The Morgan fingerprint density at radius 2 is 2.09 bits per heavy atom. The lowest BCUT2D eigenvalue weighted by molar-refractivity contribution is -0.115. The first-order valence-electron chi connectivity index (χ1n) is 6.45. The predicted octanol–water partition coefficient (Wildman–Crippen LogP) is 2.89. The Balaban J connectivity index is 1.97. The molecule has 1 fully saturated rings. The van der Waals surface area contributed by atoms with E-state index in [2.05, 4.69) is 10.3 Å². The minimum atomic E-state index is -0.246. The molecule has 1 aliphatic heterocycles. The highest BCUT2D eigenvalue weighted by Crippen LogP contribution is 2.28. The van der Waals surface area contributed by atoms with Crippen LogP contribution in [0.4, 0.5) is 0 Å². The van der Waals surface area contributed by atoms with Crippen molar-refractivity contribution in [3.63, 3.8) is 0 Å². The van der Waals surface area contributed by atoms with Crippen LogP contribution in [0.2, 0.25) is 0 Å². The van der Waals surface area contributed by atoms with E-state index in [1.54, 1.807) is 19.4 Å². The summed E-state index contributed by atoms with van der Waals surface area (Å²) in [6.45, 7) is 0. The molecule has 2 aromatic carbocycles. The van der Waals surface area contributed by atoms with E-state index in [9.17, 15) is 4.79 Å². The third-order valence-corrected chi connectivity index (χ3v) is 4.08. The highest BCUT2D eigenvalue weighted by molar-refractivity contribution is 8.18. The molecule has 0 saturated carbocycles. The zero-order valence-electron chi connectivity index (χ0n) is 11.7. The lowest BCUT2D eigenvalue weighted by Gasteiger charge is -2.03. The van der Waals surface area contributed by atoms with E-state index in [-0.39, 0.29) is 5.91 Å². The van der Waals surface area contributed by atoms with Gasteiger partial charge in [0.2, 0.25) is 6.19 Å². The topological polar surface area (TPSA) is 74.5 Å². The number of thioether (sulfide) groups is 1. The van der Waals surface area contributed by atoms with Crippen molar-refractivity contribution >= 4 is 39.7 Å². The number of fused-ring (bicyclic) bond motifs is 1. The summed E-state index contributed by atoms with van der Waals surface area (Å²) in [5, 5.41) is 13.5. The van der Waals surface area contributed by atoms with Crippen LogP contribution in [0, 0.1) is 11.5 Å². The Morgan fingerprint density at radius 1 is 1.27 bits per heavy atom. The molecule has 0 radical (unpaired) electrons. The molecule has 2 aromatic rings. The van der Waals surface area contributed by atoms with Gasteiger partial charge in [0.05, 0.1) is 12.0 Å². The number of methoxy groups -OCH3 is 1. The minimum absolute atomic E-state index is 0.246. The van der Waals surface area contributed by atoms with Crippen molar-refractivity contribution in [1.29, 1.82) is 5.26 Å². The third kappa shape index (κ3) is 2.80. The smallest absolute Gasteiger partial charge is 0.264 e. The van der Waals surface area contributed by atoms with Gasteiger partial charge in [-0.2, -0.15) is 5.26 Å². The van der Waals surface area contributed by atoms with E-state index in [0.29, 0.717) is 10.1 Å². The van der Waals surface area contributed by atoms with Crippen LogP contribution < -0.4 is 10.1 Å².